The van der Waals surface area contributed by atoms with Gasteiger partial charge in [0.25, 0.3) is 5.91 Å². The zero-order valence-corrected chi connectivity index (χ0v) is 11.8. The van der Waals surface area contributed by atoms with Crippen LogP contribution >= 0.6 is 0 Å². The lowest BCUT2D eigenvalue weighted by Gasteiger charge is -2.30. The number of hydrogen-bond donors (Lipinski definition) is 1. The van der Waals surface area contributed by atoms with Crippen LogP contribution in [0.3, 0.4) is 0 Å². The summed E-state index contributed by atoms with van der Waals surface area (Å²) in [4.78, 5) is 12.1. The van der Waals surface area contributed by atoms with E-state index in [0.717, 1.165) is 11.5 Å². The van der Waals surface area contributed by atoms with E-state index in [9.17, 15) is 4.79 Å². The maximum Gasteiger partial charge on any atom is 0.251 e. The number of carbonyl (C=O) groups excluding carboxylic acids is 1. The molecule has 0 bridgehead atoms. The number of carbonyl (C=O) groups is 1. The molecular weight excluding hydrogens is 266 g/mol. The standard InChI is InChI=1S/C17H17NO3/c1-12(18-17(19)13-7-3-2-4-8-13)16-11-20-14-9-5-6-10-15(14)21-16/h2-10,12,16H,11H2,1H3,(H,18,19). The Bertz CT molecular complexity index is 627. The first-order valence-corrected chi connectivity index (χ1v) is 6.98. The van der Waals surface area contributed by atoms with Crippen molar-refractivity contribution in [3.05, 3.63) is 60.2 Å². The Kier molecular flexibility index (Phi) is 3.77. The van der Waals surface area contributed by atoms with Crippen LogP contribution in [0.4, 0.5) is 0 Å². The highest BCUT2D eigenvalue weighted by Crippen LogP contribution is 2.31. The maximum atomic E-state index is 12.1. The number of ether oxygens (including phenoxy) is 2. The van der Waals surface area contributed by atoms with Crippen molar-refractivity contribution in [3.8, 4) is 11.5 Å². The van der Waals surface area contributed by atoms with Crippen LogP contribution in [-0.2, 0) is 0 Å². The van der Waals surface area contributed by atoms with Crippen LogP contribution in [0, 0.1) is 0 Å². The lowest BCUT2D eigenvalue weighted by Crippen LogP contribution is -2.48. The van der Waals surface area contributed by atoms with Gasteiger partial charge in [-0.15, -0.1) is 0 Å². The molecule has 0 fully saturated rings. The molecule has 1 aliphatic rings. The van der Waals surface area contributed by atoms with E-state index in [2.05, 4.69) is 5.32 Å². The molecule has 3 rings (SSSR count). The molecule has 0 saturated carbocycles. The third kappa shape index (κ3) is 2.99. The first-order valence-electron chi connectivity index (χ1n) is 6.98. The van der Waals surface area contributed by atoms with E-state index in [1.165, 1.54) is 0 Å². The molecule has 0 aromatic heterocycles. The zero-order valence-electron chi connectivity index (χ0n) is 11.8. The third-order valence-electron chi connectivity index (χ3n) is 3.48. The molecule has 0 aliphatic carbocycles. The fraction of sp³-hybridized carbons (Fsp3) is 0.235. The summed E-state index contributed by atoms with van der Waals surface area (Å²) in [7, 11) is 0. The number of fused-ring (bicyclic) bond motifs is 1. The highest BCUT2D eigenvalue weighted by Gasteiger charge is 2.27. The second-order valence-corrected chi connectivity index (χ2v) is 5.04. The van der Waals surface area contributed by atoms with E-state index < -0.39 is 0 Å². The van der Waals surface area contributed by atoms with E-state index >= 15 is 0 Å². The minimum absolute atomic E-state index is 0.106. The Morgan fingerprint density at radius 2 is 1.76 bits per heavy atom. The van der Waals surface area contributed by atoms with Crippen molar-refractivity contribution in [2.45, 2.75) is 19.1 Å². The maximum absolute atomic E-state index is 12.1. The van der Waals surface area contributed by atoms with Crippen molar-refractivity contribution in [2.24, 2.45) is 0 Å². The number of rotatable bonds is 3. The average Bonchev–Trinajstić information content (AvgIpc) is 2.55. The molecule has 4 heteroatoms. The van der Waals surface area contributed by atoms with Crippen molar-refractivity contribution in [3.63, 3.8) is 0 Å². The zero-order chi connectivity index (χ0) is 14.7. The van der Waals surface area contributed by atoms with Crippen LogP contribution in [0.15, 0.2) is 54.6 Å². The lowest BCUT2D eigenvalue weighted by atomic mass is 10.1. The van der Waals surface area contributed by atoms with Crippen LogP contribution < -0.4 is 14.8 Å². The van der Waals surface area contributed by atoms with E-state index in [0.29, 0.717) is 12.2 Å². The van der Waals surface area contributed by atoms with Gasteiger partial charge in [-0.2, -0.15) is 0 Å². The lowest BCUT2D eigenvalue weighted by molar-refractivity contribution is 0.0606. The molecule has 1 aliphatic heterocycles. The summed E-state index contributed by atoms with van der Waals surface area (Å²) in [5.41, 5.74) is 0.640. The van der Waals surface area contributed by atoms with Gasteiger partial charge >= 0.3 is 0 Å². The molecular formula is C17H17NO3. The molecule has 2 aromatic rings. The second kappa shape index (κ2) is 5.87. The summed E-state index contributed by atoms with van der Waals surface area (Å²) in [6, 6.07) is 16.5. The minimum Gasteiger partial charge on any atom is -0.486 e. The number of para-hydroxylation sites is 2. The number of hydrogen-bond acceptors (Lipinski definition) is 3. The van der Waals surface area contributed by atoms with Gasteiger partial charge in [0.1, 0.15) is 6.61 Å². The molecule has 0 radical (unpaired) electrons. The van der Waals surface area contributed by atoms with Crippen LogP contribution in [-0.4, -0.2) is 24.7 Å². The predicted octanol–water partition coefficient (Wildman–Crippen LogP) is 2.64. The molecule has 1 N–H and O–H groups in total. The Balaban J connectivity index is 1.64. The highest BCUT2D eigenvalue weighted by molar-refractivity contribution is 5.94. The quantitative estimate of drug-likeness (QED) is 0.942. The van der Waals surface area contributed by atoms with E-state index in [4.69, 9.17) is 9.47 Å². The van der Waals surface area contributed by atoms with Gasteiger partial charge in [0.15, 0.2) is 17.6 Å². The smallest absolute Gasteiger partial charge is 0.251 e. The fourth-order valence-electron chi connectivity index (χ4n) is 2.25. The summed E-state index contributed by atoms with van der Waals surface area (Å²) in [6.07, 6.45) is -0.201. The van der Waals surface area contributed by atoms with Gasteiger partial charge in [-0.3, -0.25) is 4.79 Å². The van der Waals surface area contributed by atoms with Gasteiger partial charge in [-0.1, -0.05) is 30.3 Å². The Hall–Kier alpha value is -2.49. The van der Waals surface area contributed by atoms with Gasteiger partial charge in [0.2, 0.25) is 0 Å². The van der Waals surface area contributed by atoms with E-state index in [1.807, 2.05) is 49.4 Å². The molecule has 1 heterocycles. The van der Waals surface area contributed by atoms with Gasteiger partial charge in [-0.05, 0) is 31.2 Å². The van der Waals surface area contributed by atoms with Crippen LogP contribution in [0.5, 0.6) is 11.5 Å². The minimum atomic E-state index is -0.201. The molecule has 2 atom stereocenters. The van der Waals surface area contributed by atoms with Crippen molar-refractivity contribution in [1.29, 1.82) is 0 Å². The largest absolute Gasteiger partial charge is 0.486 e. The molecule has 0 spiro atoms. The summed E-state index contributed by atoms with van der Waals surface area (Å²) >= 11 is 0. The van der Waals surface area contributed by atoms with Crippen molar-refractivity contribution >= 4 is 5.91 Å². The number of nitrogens with one attached hydrogen (secondary N) is 1. The molecule has 1 amide bonds. The number of benzene rings is 2. The normalized spacial score (nSPS) is 17.9. The predicted molar refractivity (Wildman–Crippen MR) is 79.7 cm³/mol. The third-order valence-corrected chi connectivity index (χ3v) is 3.48. The summed E-state index contributed by atoms with van der Waals surface area (Å²) in [5, 5.41) is 2.95. The molecule has 21 heavy (non-hydrogen) atoms. The van der Waals surface area contributed by atoms with E-state index in [1.54, 1.807) is 12.1 Å². The highest BCUT2D eigenvalue weighted by atomic mass is 16.6. The molecule has 2 unspecified atom stereocenters. The summed E-state index contributed by atoms with van der Waals surface area (Å²) < 4.78 is 11.6. The SMILES string of the molecule is CC(NC(=O)c1ccccc1)C1COc2ccccc2O1. The van der Waals surface area contributed by atoms with Crippen LogP contribution in [0.1, 0.15) is 17.3 Å². The Morgan fingerprint density at radius 3 is 2.52 bits per heavy atom. The first-order chi connectivity index (χ1) is 10.2. The van der Waals surface area contributed by atoms with Gasteiger partial charge in [0, 0.05) is 5.56 Å². The summed E-state index contributed by atoms with van der Waals surface area (Å²) in [6.45, 7) is 2.34. The first kappa shape index (κ1) is 13.5. The molecule has 4 nitrogen and oxygen atoms in total. The fourth-order valence-corrected chi connectivity index (χ4v) is 2.25. The van der Waals surface area contributed by atoms with Crippen LogP contribution in [0.25, 0.3) is 0 Å². The van der Waals surface area contributed by atoms with Crippen molar-refractivity contribution in [2.75, 3.05) is 6.61 Å². The van der Waals surface area contributed by atoms with Gasteiger partial charge in [0.05, 0.1) is 6.04 Å². The van der Waals surface area contributed by atoms with Crippen LogP contribution in [0.2, 0.25) is 0 Å². The van der Waals surface area contributed by atoms with Gasteiger partial charge in [-0.25, -0.2) is 0 Å². The molecule has 108 valence electrons. The monoisotopic (exact) mass is 283 g/mol. The number of amides is 1. The molecule has 2 aromatic carbocycles. The topological polar surface area (TPSA) is 47.6 Å². The van der Waals surface area contributed by atoms with Crippen molar-refractivity contribution < 1.29 is 14.3 Å². The molecule has 0 saturated heterocycles. The van der Waals surface area contributed by atoms with Crippen molar-refractivity contribution in [1.82, 2.24) is 5.32 Å². The second-order valence-electron chi connectivity index (χ2n) is 5.04. The summed E-state index contributed by atoms with van der Waals surface area (Å²) in [5.74, 6) is 1.36. The Morgan fingerprint density at radius 1 is 1.10 bits per heavy atom. The Labute approximate surface area is 123 Å². The van der Waals surface area contributed by atoms with Gasteiger partial charge < -0.3 is 14.8 Å². The van der Waals surface area contributed by atoms with E-state index in [-0.39, 0.29) is 18.1 Å². The average molecular weight is 283 g/mol.